The standard InChI is InChI=1S/C22H34N4O/c1-14(2)20(17-9-11-18(12-10-17)22(5,6)7)23-13-19(27)24-21-15(3)25-26(8)16(21)4/h9-12,14,20,23H,13H2,1-8H3,(H,24,27)/p+1/t20-/m1/s1. The minimum Gasteiger partial charge on any atom is -0.332 e. The van der Waals surface area contributed by atoms with Gasteiger partial charge in [0.05, 0.1) is 17.1 Å². The molecule has 1 atom stereocenters. The molecule has 0 aliphatic carbocycles. The van der Waals surface area contributed by atoms with Crippen molar-refractivity contribution in [2.45, 2.75) is 59.9 Å². The first-order valence-electron chi connectivity index (χ1n) is 9.74. The smallest absolute Gasteiger partial charge is 0.279 e. The van der Waals surface area contributed by atoms with Crippen LogP contribution in [0.1, 0.15) is 63.2 Å². The second-order valence-electron chi connectivity index (χ2n) is 8.80. The predicted octanol–water partition coefficient (Wildman–Crippen LogP) is 3.23. The maximum atomic E-state index is 12.5. The first kappa shape index (κ1) is 21.2. The third-order valence-electron chi connectivity index (χ3n) is 5.21. The fraction of sp³-hybridized carbons (Fsp3) is 0.545. The fourth-order valence-corrected chi connectivity index (χ4v) is 3.38. The van der Waals surface area contributed by atoms with E-state index in [0.29, 0.717) is 12.5 Å². The number of rotatable bonds is 6. The van der Waals surface area contributed by atoms with Gasteiger partial charge in [0.1, 0.15) is 6.04 Å². The van der Waals surface area contributed by atoms with Crippen molar-refractivity contribution in [1.82, 2.24) is 9.78 Å². The quantitative estimate of drug-likeness (QED) is 0.819. The second-order valence-corrected chi connectivity index (χ2v) is 8.80. The van der Waals surface area contributed by atoms with E-state index in [9.17, 15) is 4.79 Å². The first-order chi connectivity index (χ1) is 12.5. The van der Waals surface area contributed by atoms with Crippen LogP contribution in [0.5, 0.6) is 0 Å². The molecular formula is C22H35N4O+. The molecule has 2 rings (SSSR count). The molecule has 0 spiro atoms. The summed E-state index contributed by atoms with van der Waals surface area (Å²) in [5.74, 6) is 0.436. The van der Waals surface area contributed by atoms with E-state index in [2.05, 4.69) is 74.6 Å². The van der Waals surface area contributed by atoms with E-state index >= 15 is 0 Å². The molecule has 3 N–H and O–H groups in total. The lowest BCUT2D eigenvalue weighted by atomic mass is 9.85. The van der Waals surface area contributed by atoms with Gasteiger partial charge in [-0.2, -0.15) is 5.10 Å². The molecule has 1 heterocycles. The third-order valence-corrected chi connectivity index (χ3v) is 5.21. The average Bonchev–Trinajstić information content (AvgIpc) is 2.80. The van der Waals surface area contributed by atoms with Crippen LogP contribution in [-0.4, -0.2) is 22.2 Å². The number of aromatic nitrogens is 2. The molecule has 0 fully saturated rings. The summed E-state index contributed by atoms with van der Waals surface area (Å²) in [6.07, 6.45) is 0. The highest BCUT2D eigenvalue weighted by atomic mass is 16.1. The van der Waals surface area contributed by atoms with Gasteiger partial charge in [0.2, 0.25) is 0 Å². The van der Waals surface area contributed by atoms with Gasteiger partial charge in [0, 0.05) is 18.5 Å². The van der Waals surface area contributed by atoms with Crippen molar-refractivity contribution in [3.8, 4) is 0 Å². The van der Waals surface area contributed by atoms with Crippen molar-refractivity contribution in [3.63, 3.8) is 0 Å². The largest absolute Gasteiger partial charge is 0.332 e. The molecule has 1 aromatic heterocycles. The molecule has 0 unspecified atom stereocenters. The summed E-state index contributed by atoms with van der Waals surface area (Å²) < 4.78 is 1.79. The molecule has 0 aliphatic heterocycles. The molecule has 148 valence electrons. The molecule has 0 saturated carbocycles. The van der Waals surface area contributed by atoms with Crippen molar-refractivity contribution >= 4 is 11.6 Å². The number of carbonyl (C=O) groups excluding carboxylic acids is 1. The van der Waals surface area contributed by atoms with Crippen molar-refractivity contribution in [3.05, 3.63) is 46.8 Å². The Bertz CT molecular complexity index is 782. The number of benzene rings is 1. The van der Waals surface area contributed by atoms with Gasteiger partial charge in [-0.1, -0.05) is 58.9 Å². The Morgan fingerprint density at radius 2 is 1.78 bits per heavy atom. The van der Waals surface area contributed by atoms with Gasteiger partial charge in [0.15, 0.2) is 6.54 Å². The zero-order chi connectivity index (χ0) is 20.4. The van der Waals surface area contributed by atoms with E-state index in [1.807, 2.05) is 20.9 Å². The SMILES string of the molecule is Cc1nn(C)c(C)c1NC(=O)C[NH2+][C@@H](c1ccc(C(C)(C)C)cc1)C(C)C. The summed E-state index contributed by atoms with van der Waals surface area (Å²) in [5, 5.41) is 9.51. The minimum absolute atomic E-state index is 0.00571. The van der Waals surface area contributed by atoms with Crippen LogP contribution in [0, 0.1) is 19.8 Å². The molecule has 2 aromatic rings. The normalized spacial score (nSPS) is 13.1. The Hall–Kier alpha value is -2.14. The van der Waals surface area contributed by atoms with Gasteiger partial charge in [0.25, 0.3) is 5.91 Å². The number of nitrogens with zero attached hydrogens (tertiary/aromatic N) is 2. The number of hydrogen-bond donors (Lipinski definition) is 2. The van der Waals surface area contributed by atoms with E-state index < -0.39 is 0 Å². The van der Waals surface area contributed by atoms with Gasteiger partial charge < -0.3 is 10.6 Å². The van der Waals surface area contributed by atoms with E-state index in [-0.39, 0.29) is 17.4 Å². The van der Waals surface area contributed by atoms with Gasteiger partial charge in [-0.25, -0.2) is 0 Å². The van der Waals surface area contributed by atoms with Gasteiger partial charge in [-0.15, -0.1) is 0 Å². The Morgan fingerprint density at radius 1 is 1.19 bits per heavy atom. The molecule has 27 heavy (non-hydrogen) atoms. The highest BCUT2D eigenvalue weighted by Gasteiger charge is 2.22. The monoisotopic (exact) mass is 371 g/mol. The lowest BCUT2D eigenvalue weighted by molar-refractivity contribution is -0.692. The van der Waals surface area contributed by atoms with E-state index in [4.69, 9.17) is 0 Å². The van der Waals surface area contributed by atoms with E-state index in [1.165, 1.54) is 11.1 Å². The van der Waals surface area contributed by atoms with Gasteiger partial charge >= 0.3 is 0 Å². The van der Waals surface area contributed by atoms with Crippen molar-refractivity contribution in [1.29, 1.82) is 0 Å². The Labute approximate surface area is 163 Å². The first-order valence-corrected chi connectivity index (χ1v) is 9.74. The molecule has 5 heteroatoms. The zero-order valence-corrected chi connectivity index (χ0v) is 18.1. The number of nitrogens with two attached hydrogens (primary N) is 1. The van der Waals surface area contributed by atoms with Crippen LogP contribution in [-0.2, 0) is 17.3 Å². The maximum absolute atomic E-state index is 12.5. The second kappa shape index (κ2) is 8.26. The number of aryl methyl sites for hydroxylation is 2. The van der Waals surface area contributed by atoms with E-state index in [1.54, 1.807) is 4.68 Å². The molecule has 0 bridgehead atoms. The van der Waals surface area contributed by atoms with Gasteiger partial charge in [-0.3, -0.25) is 9.48 Å². The highest BCUT2D eigenvalue weighted by Crippen LogP contribution is 2.25. The van der Waals surface area contributed by atoms with Crippen LogP contribution in [0.4, 0.5) is 5.69 Å². The number of quaternary nitrogens is 1. The van der Waals surface area contributed by atoms with Crippen LogP contribution in [0.25, 0.3) is 0 Å². The lowest BCUT2D eigenvalue weighted by Crippen LogP contribution is -2.88. The van der Waals surface area contributed by atoms with Crippen LogP contribution in [0.3, 0.4) is 0 Å². The van der Waals surface area contributed by atoms with Crippen LogP contribution < -0.4 is 10.6 Å². The summed E-state index contributed by atoms with van der Waals surface area (Å²) in [6.45, 7) is 15.3. The number of nitrogens with one attached hydrogen (secondary N) is 1. The van der Waals surface area contributed by atoms with Crippen LogP contribution in [0.15, 0.2) is 24.3 Å². The summed E-state index contributed by atoms with van der Waals surface area (Å²) in [4.78, 5) is 12.5. The Balaban J connectivity index is 2.05. The average molecular weight is 372 g/mol. The molecule has 1 amide bonds. The Morgan fingerprint density at radius 3 is 2.22 bits per heavy atom. The summed E-state index contributed by atoms with van der Waals surface area (Å²) >= 11 is 0. The molecule has 1 aromatic carbocycles. The topological polar surface area (TPSA) is 63.5 Å². The molecule has 0 saturated heterocycles. The number of carbonyl (C=O) groups is 1. The van der Waals surface area contributed by atoms with Gasteiger partial charge in [-0.05, 0) is 24.8 Å². The third kappa shape index (κ3) is 5.19. The predicted molar refractivity (Wildman–Crippen MR) is 111 cm³/mol. The highest BCUT2D eigenvalue weighted by molar-refractivity contribution is 5.92. The summed E-state index contributed by atoms with van der Waals surface area (Å²) in [7, 11) is 1.89. The summed E-state index contributed by atoms with van der Waals surface area (Å²) in [6, 6.07) is 9.08. The minimum atomic E-state index is 0.00571. The van der Waals surface area contributed by atoms with Crippen molar-refractivity contribution in [2.24, 2.45) is 13.0 Å². The number of hydrogen-bond acceptors (Lipinski definition) is 2. The number of anilines is 1. The lowest BCUT2D eigenvalue weighted by Gasteiger charge is -2.22. The van der Waals surface area contributed by atoms with Crippen LogP contribution >= 0.6 is 0 Å². The molecule has 0 aliphatic rings. The zero-order valence-electron chi connectivity index (χ0n) is 18.1. The fourth-order valence-electron chi connectivity index (χ4n) is 3.38. The summed E-state index contributed by atoms with van der Waals surface area (Å²) in [5.41, 5.74) is 5.38. The maximum Gasteiger partial charge on any atom is 0.279 e. The van der Waals surface area contributed by atoms with Crippen molar-refractivity contribution in [2.75, 3.05) is 11.9 Å². The van der Waals surface area contributed by atoms with Crippen molar-refractivity contribution < 1.29 is 10.1 Å². The molecular weight excluding hydrogens is 336 g/mol. The van der Waals surface area contributed by atoms with Crippen LogP contribution in [0.2, 0.25) is 0 Å². The number of amides is 1. The Kier molecular flexibility index (Phi) is 6.47. The van der Waals surface area contributed by atoms with E-state index in [0.717, 1.165) is 17.1 Å². The molecule has 5 nitrogen and oxygen atoms in total. The molecule has 0 radical (unpaired) electrons.